The number of hydrogen-bond donors (Lipinski definition) is 0. The van der Waals surface area contributed by atoms with Crippen LogP contribution < -0.4 is 4.90 Å². The molecule has 0 bridgehead atoms. The van der Waals surface area contributed by atoms with Crippen LogP contribution in [0.1, 0.15) is 11.1 Å². The topological polar surface area (TPSA) is 29.0 Å². The minimum absolute atomic E-state index is 0.376. The standard InChI is InChI=1S/C14H13Cl2N3/c15-13-9-12(14(16)18-17-13)19-7-5-10-3-1-2-4-11(10)6-8-19/h1-4,9H,5-8H2. The quantitative estimate of drug-likeness (QED) is 0.807. The van der Waals surface area contributed by atoms with Crippen molar-refractivity contribution in [3.05, 3.63) is 51.8 Å². The summed E-state index contributed by atoms with van der Waals surface area (Å²) >= 11 is 12.0. The summed E-state index contributed by atoms with van der Waals surface area (Å²) in [6.07, 6.45) is 2.01. The molecule has 0 amide bonds. The third-order valence-electron chi connectivity index (χ3n) is 3.46. The highest BCUT2D eigenvalue weighted by Gasteiger charge is 2.17. The predicted octanol–water partition coefficient (Wildman–Crippen LogP) is 3.39. The number of rotatable bonds is 1. The Morgan fingerprint density at radius 2 is 1.58 bits per heavy atom. The molecule has 19 heavy (non-hydrogen) atoms. The van der Waals surface area contributed by atoms with Crippen molar-refractivity contribution in [2.75, 3.05) is 18.0 Å². The van der Waals surface area contributed by atoms with Gasteiger partial charge in [0.15, 0.2) is 10.3 Å². The number of anilines is 1. The first kappa shape index (κ1) is 12.7. The van der Waals surface area contributed by atoms with E-state index in [0.29, 0.717) is 10.3 Å². The Morgan fingerprint density at radius 3 is 2.21 bits per heavy atom. The number of aromatic nitrogens is 2. The smallest absolute Gasteiger partial charge is 0.175 e. The lowest BCUT2D eigenvalue weighted by Gasteiger charge is -2.22. The van der Waals surface area contributed by atoms with E-state index in [0.717, 1.165) is 31.6 Å². The van der Waals surface area contributed by atoms with Crippen LogP contribution >= 0.6 is 23.2 Å². The number of benzene rings is 1. The first-order valence-corrected chi connectivity index (χ1v) is 7.00. The molecule has 2 heterocycles. The molecule has 0 saturated carbocycles. The van der Waals surface area contributed by atoms with Crippen LogP contribution in [0.2, 0.25) is 10.3 Å². The summed E-state index contributed by atoms with van der Waals surface area (Å²) in [6, 6.07) is 10.3. The summed E-state index contributed by atoms with van der Waals surface area (Å²) in [7, 11) is 0. The third-order valence-corrected chi connectivity index (χ3v) is 3.92. The molecule has 0 atom stereocenters. The van der Waals surface area contributed by atoms with E-state index in [1.165, 1.54) is 11.1 Å². The third kappa shape index (κ3) is 2.67. The SMILES string of the molecule is Clc1cc(N2CCc3ccccc3CC2)c(Cl)nn1. The monoisotopic (exact) mass is 293 g/mol. The molecule has 0 radical (unpaired) electrons. The second kappa shape index (κ2) is 5.35. The second-order valence-corrected chi connectivity index (χ2v) is 5.34. The van der Waals surface area contributed by atoms with E-state index < -0.39 is 0 Å². The average molecular weight is 294 g/mol. The van der Waals surface area contributed by atoms with Crippen molar-refractivity contribution in [2.45, 2.75) is 12.8 Å². The Labute approximate surface area is 122 Å². The summed E-state index contributed by atoms with van der Waals surface area (Å²) < 4.78 is 0. The number of nitrogens with zero attached hydrogens (tertiary/aromatic N) is 3. The molecule has 0 N–H and O–H groups in total. The lowest BCUT2D eigenvalue weighted by atomic mass is 10.0. The maximum Gasteiger partial charge on any atom is 0.175 e. The molecule has 0 spiro atoms. The molecule has 0 unspecified atom stereocenters. The van der Waals surface area contributed by atoms with Gasteiger partial charge in [0.1, 0.15) is 0 Å². The molecule has 2 aromatic rings. The fourth-order valence-electron chi connectivity index (χ4n) is 2.47. The number of hydrogen-bond acceptors (Lipinski definition) is 3. The van der Waals surface area contributed by atoms with E-state index in [2.05, 4.69) is 39.4 Å². The zero-order valence-corrected chi connectivity index (χ0v) is 11.8. The molecular weight excluding hydrogens is 281 g/mol. The van der Waals surface area contributed by atoms with Crippen molar-refractivity contribution in [3.8, 4) is 0 Å². The minimum Gasteiger partial charge on any atom is -0.368 e. The van der Waals surface area contributed by atoms with Gasteiger partial charge in [0.25, 0.3) is 0 Å². The zero-order valence-electron chi connectivity index (χ0n) is 10.3. The fourth-order valence-corrected chi connectivity index (χ4v) is 2.83. The van der Waals surface area contributed by atoms with Crippen molar-refractivity contribution in [1.82, 2.24) is 10.2 Å². The summed E-state index contributed by atoms with van der Waals surface area (Å²) in [6.45, 7) is 1.83. The molecular formula is C14H13Cl2N3. The largest absolute Gasteiger partial charge is 0.368 e. The van der Waals surface area contributed by atoms with Crippen LogP contribution in [0.4, 0.5) is 5.69 Å². The molecule has 3 nitrogen and oxygen atoms in total. The molecule has 3 rings (SSSR count). The van der Waals surface area contributed by atoms with E-state index in [9.17, 15) is 0 Å². The van der Waals surface area contributed by atoms with Crippen LogP contribution in [0.15, 0.2) is 30.3 Å². The summed E-state index contributed by atoms with van der Waals surface area (Å²) in [5, 5.41) is 8.42. The molecule has 98 valence electrons. The molecule has 0 saturated heterocycles. The van der Waals surface area contributed by atoms with Gasteiger partial charge >= 0.3 is 0 Å². The zero-order chi connectivity index (χ0) is 13.2. The van der Waals surface area contributed by atoms with Crippen LogP contribution in [-0.4, -0.2) is 23.3 Å². The van der Waals surface area contributed by atoms with E-state index >= 15 is 0 Å². The van der Waals surface area contributed by atoms with Crippen molar-refractivity contribution in [3.63, 3.8) is 0 Å². The summed E-state index contributed by atoms with van der Waals surface area (Å²) in [5.41, 5.74) is 3.69. The average Bonchev–Trinajstić information content (AvgIpc) is 2.64. The van der Waals surface area contributed by atoms with Gasteiger partial charge in [-0.25, -0.2) is 0 Å². The normalized spacial score (nSPS) is 14.9. The molecule has 1 aliphatic heterocycles. The highest BCUT2D eigenvalue weighted by Crippen LogP contribution is 2.27. The lowest BCUT2D eigenvalue weighted by molar-refractivity contribution is 0.799. The molecule has 0 fully saturated rings. The van der Waals surface area contributed by atoms with Gasteiger partial charge in [0, 0.05) is 19.2 Å². The maximum atomic E-state index is 6.12. The van der Waals surface area contributed by atoms with Crippen LogP contribution in [0.25, 0.3) is 0 Å². The molecule has 5 heteroatoms. The van der Waals surface area contributed by atoms with E-state index in [1.807, 2.05) is 0 Å². The van der Waals surface area contributed by atoms with Gasteiger partial charge in [0.2, 0.25) is 0 Å². The van der Waals surface area contributed by atoms with Crippen LogP contribution in [-0.2, 0) is 12.8 Å². The molecule has 1 aromatic carbocycles. The van der Waals surface area contributed by atoms with E-state index in [1.54, 1.807) is 6.07 Å². The van der Waals surface area contributed by atoms with Crippen LogP contribution in [0.3, 0.4) is 0 Å². The Kier molecular flexibility index (Phi) is 3.58. The first-order chi connectivity index (χ1) is 9.24. The van der Waals surface area contributed by atoms with Crippen molar-refractivity contribution < 1.29 is 0 Å². The Hall–Kier alpha value is -1.32. The van der Waals surface area contributed by atoms with Gasteiger partial charge < -0.3 is 4.90 Å². The van der Waals surface area contributed by atoms with Gasteiger partial charge in [-0.05, 0) is 24.0 Å². The van der Waals surface area contributed by atoms with Crippen molar-refractivity contribution >= 4 is 28.9 Å². The Bertz CT molecular complexity index is 574. The summed E-state index contributed by atoms with van der Waals surface area (Å²) in [5.74, 6) is 0. The second-order valence-electron chi connectivity index (χ2n) is 4.60. The summed E-state index contributed by atoms with van der Waals surface area (Å²) in [4.78, 5) is 2.23. The fraction of sp³-hybridized carbons (Fsp3) is 0.286. The number of halogens is 2. The van der Waals surface area contributed by atoms with Crippen molar-refractivity contribution in [1.29, 1.82) is 0 Å². The van der Waals surface area contributed by atoms with Gasteiger partial charge in [-0.15, -0.1) is 10.2 Å². The highest BCUT2D eigenvalue weighted by molar-refractivity contribution is 6.33. The van der Waals surface area contributed by atoms with Gasteiger partial charge in [0.05, 0.1) is 5.69 Å². The molecule has 1 aliphatic rings. The molecule has 1 aromatic heterocycles. The predicted molar refractivity (Wildman–Crippen MR) is 78.1 cm³/mol. The minimum atomic E-state index is 0.376. The van der Waals surface area contributed by atoms with E-state index in [-0.39, 0.29) is 0 Å². The van der Waals surface area contributed by atoms with Crippen LogP contribution in [0.5, 0.6) is 0 Å². The lowest BCUT2D eigenvalue weighted by Crippen LogP contribution is -2.26. The maximum absolute atomic E-state index is 6.12. The Balaban J connectivity index is 1.87. The van der Waals surface area contributed by atoms with Gasteiger partial charge in [-0.2, -0.15) is 0 Å². The van der Waals surface area contributed by atoms with Gasteiger partial charge in [-0.1, -0.05) is 47.5 Å². The van der Waals surface area contributed by atoms with E-state index in [4.69, 9.17) is 23.2 Å². The van der Waals surface area contributed by atoms with Crippen molar-refractivity contribution in [2.24, 2.45) is 0 Å². The first-order valence-electron chi connectivity index (χ1n) is 6.24. The highest BCUT2D eigenvalue weighted by atomic mass is 35.5. The number of fused-ring (bicyclic) bond motifs is 1. The van der Waals surface area contributed by atoms with Gasteiger partial charge in [-0.3, -0.25) is 0 Å². The molecule has 0 aliphatic carbocycles. The van der Waals surface area contributed by atoms with Crippen LogP contribution in [0, 0.1) is 0 Å². The Morgan fingerprint density at radius 1 is 0.947 bits per heavy atom.